The molecule has 1 aromatic heterocycles. The van der Waals surface area contributed by atoms with Crippen LogP contribution in [-0.4, -0.2) is 42.1 Å². The number of benzene rings is 3. The molecule has 33 heavy (non-hydrogen) atoms. The van der Waals surface area contributed by atoms with Gasteiger partial charge in [0, 0.05) is 24.5 Å². The lowest BCUT2D eigenvalue weighted by atomic mass is 10.0. The molecule has 0 unspecified atom stereocenters. The summed E-state index contributed by atoms with van der Waals surface area (Å²) in [6.45, 7) is 2.60. The minimum Gasteiger partial charge on any atom is -0.491 e. The highest BCUT2D eigenvalue weighted by Crippen LogP contribution is 2.35. The second-order valence-electron chi connectivity index (χ2n) is 7.83. The van der Waals surface area contributed by atoms with Crippen molar-refractivity contribution in [2.75, 3.05) is 20.3 Å². The molecule has 6 nitrogen and oxygen atoms in total. The van der Waals surface area contributed by atoms with Crippen LogP contribution in [0.15, 0.2) is 72.9 Å². The van der Waals surface area contributed by atoms with Crippen molar-refractivity contribution in [3.8, 4) is 22.6 Å². The van der Waals surface area contributed by atoms with E-state index < -0.39 is 0 Å². The zero-order valence-electron chi connectivity index (χ0n) is 18.6. The van der Waals surface area contributed by atoms with Crippen LogP contribution in [-0.2, 0) is 9.53 Å². The molecule has 170 valence electrons. The number of amides is 1. The van der Waals surface area contributed by atoms with Crippen molar-refractivity contribution in [3.63, 3.8) is 0 Å². The maximum atomic E-state index is 13.4. The highest BCUT2D eigenvalue weighted by atomic mass is 19.1. The maximum Gasteiger partial charge on any atom is 0.222 e. The number of ether oxygens (including phenoxy) is 2. The largest absolute Gasteiger partial charge is 0.491 e. The maximum absolute atomic E-state index is 13.4. The number of aromatic nitrogens is 2. The van der Waals surface area contributed by atoms with Crippen LogP contribution in [0.1, 0.15) is 13.3 Å². The minimum atomic E-state index is -0.292. The molecule has 0 aliphatic rings. The predicted molar refractivity (Wildman–Crippen MR) is 126 cm³/mol. The Balaban J connectivity index is 1.64. The van der Waals surface area contributed by atoms with E-state index in [1.54, 1.807) is 30.1 Å². The predicted octanol–water partition coefficient (Wildman–Crippen LogP) is 4.75. The Morgan fingerprint density at radius 3 is 2.61 bits per heavy atom. The lowest BCUT2D eigenvalue weighted by Crippen LogP contribution is -2.37. The normalized spacial score (nSPS) is 12.0. The van der Waals surface area contributed by atoms with Gasteiger partial charge in [0.05, 0.1) is 30.0 Å². The zero-order chi connectivity index (χ0) is 23.2. The summed E-state index contributed by atoms with van der Waals surface area (Å²) >= 11 is 0. The third kappa shape index (κ3) is 5.38. The van der Waals surface area contributed by atoms with Crippen LogP contribution in [0, 0.1) is 5.82 Å². The average Bonchev–Trinajstić information content (AvgIpc) is 3.24. The fraction of sp³-hybridized carbons (Fsp3) is 0.231. The third-order valence-electron chi connectivity index (χ3n) is 5.25. The molecule has 3 aromatic carbocycles. The van der Waals surface area contributed by atoms with E-state index in [0.717, 1.165) is 27.7 Å². The van der Waals surface area contributed by atoms with Crippen LogP contribution in [0.5, 0.6) is 5.75 Å². The highest BCUT2D eigenvalue weighted by Gasteiger charge is 2.15. The summed E-state index contributed by atoms with van der Waals surface area (Å²) in [6.07, 6.45) is 2.07. The van der Waals surface area contributed by atoms with Crippen molar-refractivity contribution in [2.24, 2.45) is 0 Å². The Kier molecular flexibility index (Phi) is 7.00. The molecule has 4 aromatic rings. The molecule has 0 fully saturated rings. The quantitative estimate of drug-likeness (QED) is 0.402. The number of nitrogens with one attached hydrogen (secondary N) is 1. The van der Waals surface area contributed by atoms with Crippen molar-refractivity contribution in [2.45, 2.75) is 19.4 Å². The number of halogens is 1. The van der Waals surface area contributed by atoms with Gasteiger partial charge in [0.15, 0.2) is 0 Å². The van der Waals surface area contributed by atoms with Crippen LogP contribution in [0.4, 0.5) is 4.39 Å². The summed E-state index contributed by atoms with van der Waals surface area (Å²) in [7, 11) is 1.57. The van der Waals surface area contributed by atoms with Gasteiger partial charge in [-0.15, -0.1) is 0 Å². The van der Waals surface area contributed by atoms with E-state index in [1.807, 2.05) is 49.4 Å². The SMILES string of the molecule is COCCC(=O)N[C@@H](C)COc1cc2cnn(-c3ccc(F)cc3)c2cc1-c1ccccc1. The molecule has 1 amide bonds. The molecule has 0 radical (unpaired) electrons. The van der Waals surface area contributed by atoms with Crippen molar-refractivity contribution in [1.82, 2.24) is 15.1 Å². The van der Waals surface area contributed by atoms with Gasteiger partial charge in [-0.1, -0.05) is 30.3 Å². The lowest BCUT2D eigenvalue weighted by Gasteiger charge is -2.18. The van der Waals surface area contributed by atoms with Crippen LogP contribution >= 0.6 is 0 Å². The summed E-state index contributed by atoms with van der Waals surface area (Å²) in [5.41, 5.74) is 3.56. The van der Waals surface area contributed by atoms with Gasteiger partial charge in [0.2, 0.25) is 5.91 Å². The molecule has 0 bridgehead atoms. The number of rotatable bonds is 9. The van der Waals surface area contributed by atoms with Gasteiger partial charge in [0.1, 0.15) is 18.2 Å². The van der Waals surface area contributed by atoms with Crippen LogP contribution in [0.3, 0.4) is 0 Å². The molecule has 1 heterocycles. The Morgan fingerprint density at radius 1 is 1.12 bits per heavy atom. The van der Waals surface area contributed by atoms with Crippen molar-refractivity contribution in [3.05, 3.63) is 78.7 Å². The fourth-order valence-electron chi connectivity index (χ4n) is 3.60. The zero-order valence-corrected chi connectivity index (χ0v) is 18.6. The smallest absolute Gasteiger partial charge is 0.222 e. The first kappa shape index (κ1) is 22.5. The summed E-state index contributed by atoms with van der Waals surface area (Å²) < 4.78 is 26.3. The van der Waals surface area contributed by atoms with E-state index in [-0.39, 0.29) is 17.8 Å². The number of methoxy groups -OCH3 is 1. The second kappa shape index (κ2) is 10.3. The monoisotopic (exact) mass is 447 g/mol. The van der Waals surface area contributed by atoms with Gasteiger partial charge in [-0.25, -0.2) is 9.07 Å². The Hall–Kier alpha value is -3.71. The molecule has 0 saturated carbocycles. The van der Waals surface area contributed by atoms with Crippen LogP contribution in [0.2, 0.25) is 0 Å². The van der Waals surface area contributed by atoms with E-state index in [1.165, 1.54) is 12.1 Å². The van der Waals surface area contributed by atoms with Gasteiger partial charge in [-0.2, -0.15) is 5.10 Å². The molecular formula is C26H26FN3O3. The van der Waals surface area contributed by atoms with E-state index in [2.05, 4.69) is 10.4 Å². The van der Waals surface area contributed by atoms with Gasteiger partial charge >= 0.3 is 0 Å². The molecule has 1 N–H and O–H groups in total. The number of hydrogen-bond acceptors (Lipinski definition) is 4. The first-order chi connectivity index (χ1) is 16.0. The highest BCUT2D eigenvalue weighted by molar-refractivity contribution is 5.89. The van der Waals surface area contributed by atoms with Crippen molar-refractivity contribution >= 4 is 16.8 Å². The molecule has 0 spiro atoms. The number of nitrogens with zero attached hydrogens (tertiary/aromatic N) is 2. The van der Waals surface area contributed by atoms with Crippen molar-refractivity contribution < 1.29 is 18.7 Å². The van der Waals surface area contributed by atoms with Gasteiger partial charge in [-0.3, -0.25) is 4.79 Å². The number of hydrogen-bond donors (Lipinski definition) is 1. The van der Waals surface area contributed by atoms with Crippen molar-refractivity contribution in [1.29, 1.82) is 0 Å². The molecule has 7 heteroatoms. The Labute approximate surface area is 191 Å². The molecular weight excluding hydrogens is 421 g/mol. The van der Waals surface area contributed by atoms with E-state index in [4.69, 9.17) is 9.47 Å². The Morgan fingerprint density at radius 2 is 1.88 bits per heavy atom. The lowest BCUT2D eigenvalue weighted by molar-refractivity contribution is -0.122. The number of fused-ring (bicyclic) bond motifs is 1. The standard InChI is InChI=1S/C26H26FN3O3/c1-18(29-26(31)12-13-32-2)17-33-25-14-20-16-28-30(22-10-8-21(27)9-11-22)24(20)15-23(25)19-6-4-3-5-7-19/h3-11,14-16,18H,12-13,17H2,1-2H3,(H,29,31)/t18-/m0/s1. The van der Waals surface area contributed by atoms with E-state index in [9.17, 15) is 9.18 Å². The molecule has 1 atom stereocenters. The first-order valence-electron chi connectivity index (χ1n) is 10.8. The minimum absolute atomic E-state index is 0.0766. The number of carbonyl (C=O) groups is 1. The molecule has 0 saturated heterocycles. The molecule has 0 aliphatic heterocycles. The van der Waals surface area contributed by atoms with Gasteiger partial charge in [0.25, 0.3) is 0 Å². The van der Waals surface area contributed by atoms with Gasteiger partial charge < -0.3 is 14.8 Å². The summed E-state index contributed by atoms with van der Waals surface area (Å²) in [6, 6.07) is 20.0. The average molecular weight is 448 g/mol. The third-order valence-corrected chi connectivity index (χ3v) is 5.25. The second-order valence-corrected chi connectivity index (χ2v) is 7.83. The summed E-state index contributed by atoms with van der Waals surface area (Å²) in [5.74, 6) is 0.330. The number of carbonyl (C=O) groups excluding carboxylic acids is 1. The Bertz CT molecular complexity index is 1220. The van der Waals surface area contributed by atoms with Gasteiger partial charge in [-0.05, 0) is 48.9 Å². The van der Waals surface area contributed by atoms with E-state index in [0.29, 0.717) is 25.4 Å². The molecule has 0 aliphatic carbocycles. The van der Waals surface area contributed by atoms with Crippen LogP contribution in [0.25, 0.3) is 27.7 Å². The van der Waals surface area contributed by atoms with Crippen LogP contribution < -0.4 is 10.1 Å². The topological polar surface area (TPSA) is 65.4 Å². The fourth-order valence-corrected chi connectivity index (χ4v) is 3.60. The summed E-state index contributed by atoms with van der Waals surface area (Å²) in [4.78, 5) is 12.0. The summed E-state index contributed by atoms with van der Waals surface area (Å²) in [5, 5.41) is 8.32. The molecule has 4 rings (SSSR count). The van der Waals surface area contributed by atoms with E-state index >= 15 is 0 Å². The first-order valence-corrected chi connectivity index (χ1v) is 10.8.